The molecule has 0 saturated heterocycles. The first-order chi connectivity index (χ1) is 9.08. The Morgan fingerprint density at radius 1 is 1.05 bits per heavy atom. The Hall–Kier alpha value is -1.60. The van der Waals surface area contributed by atoms with Crippen LogP contribution in [0, 0.1) is 20.8 Å². The fourth-order valence-corrected chi connectivity index (χ4v) is 3.53. The lowest BCUT2D eigenvalue weighted by atomic mass is 9.89. The van der Waals surface area contributed by atoms with Gasteiger partial charge < -0.3 is 5.73 Å². The average molecular weight is 251 g/mol. The van der Waals surface area contributed by atoms with Crippen LogP contribution in [0.5, 0.6) is 0 Å². The van der Waals surface area contributed by atoms with Crippen LogP contribution in [-0.2, 0) is 6.42 Å². The van der Waals surface area contributed by atoms with Crippen molar-refractivity contribution < 1.29 is 0 Å². The number of fused-ring (bicyclic) bond motifs is 1. The van der Waals surface area contributed by atoms with Gasteiger partial charge in [-0.1, -0.05) is 35.9 Å². The van der Waals surface area contributed by atoms with Crippen molar-refractivity contribution in [2.45, 2.75) is 39.7 Å². The number of rotatable bonds is 1. The Morgan fingerprint density at radius 2 is 1.74 bits per heavy atom. The molecule has 98 valence electrons. The molecule has 0 radical (unpaired) electrons. The van der Waals surface area contributed by atoms with E-state index in [0.717, 1.165) is 12.8 Å². The van der Waals surface area contributed by atoms with Crippen LogP contribution in [0.3, 0.4) is 0 Å². The highest BCUT2D eigenvalue weighted by Crippen LogP contribution is 2.39. The molecule has 0 amide bonds. The van der Waals surface area contributed by atoms with Gasteiger partial charge in [-0.05, 0) is 67.0 Å². The predicted molar refractivity (Wildman–Crippen MR) is 81.3 cm³/mol. The van der Waals surface area contributed by atoms with Gasteiger partial charge >= 0.3 is 0 Å². The van der Waals surface area contributed by atoms with Crippen LogP contribution in [0.4, 0.5) is 0 Å². The van der Waals surface area contributed by atoms with E-state index in [1.165, 1.54) is 38.9 Å². The second-order valence-electron chi connectivity index (χ2n) is 5.79. The number of nitrogens with two attached hydrogens (primary N) is 1. The monoisotopic (exact) mass is 251 g/mol. The summed E-state index contributed by atoms with van der Waals surface area (Å²) in [5.74, 6) is 0. The van der Waals surface area contributed by atoms with E-state index in [1.54, 1.807) is 0 Å². The normalized spacial score (nSPS) is 17.6. The lowest BCUT2D eigenvalue weighted by molar-refractivity contribution is 0.713. The lowest BCUT2D eigenvalue weighted by Crippen LogP contribution is -2.05. The molecule has 1 heteroatoms. The van der Waals surface area contributed by atoms with Crippen LogP contribution in [0.25, 0.3) is 11.1 Å². The Kier molecular flexibility index (Phi) is 2.94. The molecule has 1 atom stereocenters. The second-order valence-corrected chi connectivity index (χ2v) is 5.79. The molecule has 0 bridgehead atoms. The third kappa shape index (κ3) is 1.98. The van der Waals surface area contributed by atoms with Crippen LogP contribution in [-0.4, -0.2) is 0 Å². The fourth-order valence-electron chi connectivity index (χ4n) is 3.53. The SMILES string of the molecule is Cc1cc(C)c(-c2cccc3c2CCC3N)c(C)c1. The molecule has 1 nitrogen and oxygen atoms in total. The van der Waals surface area contributed by atoms with Gasteiger partial charge in [0.05, 0.1) is 0 Å². The average Bonchev–Trinajstić information content (AvgIpc) is 2.71. The first kappa shape index (κ1) is 12.4. The topological polar surface area (TPSA) is 26.0 Å². The van der Waals surface area contributed by atoms with E-state index in [9.17, 15) is 0 Å². The highest BCUT2D eigenvalue weighted by molar-refractivity contribution is 5.76. The maximum atomic E-state index is 6.19. The molecule has 0 heterocycles. The standard InChI is InChI=1S/C18H21N/c1-11-9-12(2)18(13(3)10-11)16-6-4-5-15-14(16)7-8-17(15)19/h4-6,9-10,17H,7-8,19H2,1-3H3. The molecule has 0 aliphatic heterocycles. The summed E-state index contributed by atoms with van der Waals surface area (Å²) in [7, 11) is 0. The molecule has 1 aliphatic carbocycles. The van der Waals surface area contributed by atoms with Gasteiger partial charge in [-0.2, -0.15) is 0 Å². The molecular weight excluding hydrogens is 230 g/mol. The lowest BCUT2D eigenvalue weighted by Gasteiger charge is -2.15. The molecule has 19 heavy (non-hydrogen) atoms. The van der Waals surface area contributed by atoms with Gasteiger partial charge in [0.15, 0.2) is 0 Å². The van der Waals surface area contributed by atoms with E-state index in [0.29, 0.717) is 0 Å². The fraction of sp³-hybridized carbons (Fsp3) is 0.333. The van der Waals surface area contributed by atoms with E-state index in [1.807, 2.05) is 0 Å². The summed E-state index contributed by atoms with van der Waals surface area (Å²) < 4.78 is 0. The van der Waals surface area contributed by atoms with Crippen LogP contribution in [0.15, 0.2) is 30.3 Å². The van der Waals surface area contributed by atoms with Crippen LogP contribution in [0.2, 0.25) is 0 Å². The van der Waals surface area contributed by atoms with E-state index >= 15 is 0 Å². The maximum Gasteiger partial charge on any atom is 0.0300 e. The first-order valence-electron chi connectivity index (χ1n) is 7.03. The van der Waals surface area contributed by atoms with Crippen molar-refractivity contribution in [1.29, 1.82) is 0 Å². The third-order valence-electron chi connectivity index (χ3n) is 4.26. The van der Waals surface area contributed by atoms with Gasteiger partial charge in [0, 0.05) is 6.04 Å². The van der Waals surface area contributed by atoms with Crippen molar-refractivity contribution in [3.05, 3.63) is 58.1 Å². The molecule has 1 aliphatic rings. The molecule has 0 aromatic heterocycles. The number of hydrogen-bond donors (Lipinski definition) is 1. The van der Waals surface area contributed by atoms with Crippen molar-refractivity contribution in [3.8, 4) is 11.1 Å². The Morgan fingerprint density at radius 3 is 2.42 bits per heavy atom. The van der Waals surface area contributed by atoms with E-state index in [4.69, 9.17) is 5.73 Å². The molecule has 2 N–H and O–H groups in total. The molecule has 2 aromatic rings. The van der Waals surface area contributed by atoms with Crippen molar-refractivity contribution >= 4 is 0 Å². The zero-order chi connectivity index (χ0) is 13.6. The third-order valence-corrected chi connectivity index (χ3v) is 4.26. The van der Waals surface area contributed by atoms with Crippen LogP contribution >= 0.6 is 0 Å². The summed E-state index contributed by atoms with van der Waals surface area (Å²) in [6.07, 6.45) is 2.19. The van der Waals surface area contributed by atoms with Gasteiger partial charge in [-0.25, -0.2) is 0 Å². The number of hydrogen-bond acceptors (Lipinski definition) is 1. The quantitative estimate of drug-likeness (QED) is 0.806. The summed E-state index contributed by atoms with van der Waals surface area (Å²) in [4.78, 5) is 0. The summed E-state index contributed by atoms with van der Waals surface area (Å²) in [5, 5.41) is 0. The van der Waals surface area contributed by atoms with E-state index in [2.05, 4.69) is 51.1 Å². The van der Waals surface area contributed by atoms with Crippen LogP contribution < -0.4 is 5.73 Å². The minimum absolute atomic E-state index is 0.223. The summed E-state index contributed by atoms with van der Waals surface area (Å²) in [6, 6.07) is 11.4. The summed E-state index contributed by atoms with van der Waals surface area (Å²) in [5.41, 5.74) is 15.9. The van der Waals surface area contributed by atoms with Gasteiger partial charge in [0.1, 0.15) is 0 Å². The van der Waals surface area contributed by atoms with E-state index < -0.39 is 0 Å². The summed E-state index contributed by atoms with van der Waals surface area (Å²) in [6.45, 7) is 6.59. The van der Waals surface area contributed by atoms with Gasteiger partial charge in [0.2, 0.25) is 0 Å². The van der Waals surface area contributed by atoms with Crippen molar-refractivity contribution in [2.75, 3.05) is 0 Å². The minimum Gasteiger partial charge on any atom is -0.324 e. The predicted octanol–water partition coefficient (Wildman–Crippen LogP) is 4.22. The smallest absolute Gasteiger partial charge is 0.0300 e. The number of benzene rings is 2. The van der Waals surface area contributed by atoms with Crippen molar-refractivity contribution in [3.63, 3.8) is 0 Å². The first-order valence-corrected chi connectivity index (χ1v) is 7.03. The largest absolute Gasteiger partial charge is 0.324 e. The zero-order valence-corrected chi connectivity index (χ0v) is 12.0. The molecule has 0 spiro atoms. The molecule has 1 unspecified atom stereocenters. The summed E-state index contributed by atoms with van der Waals surface area (Å²) >= 11 is 0. The highest BCUT2D eigenvalue weighted by Gasteiger charge is 2.22. The minimum atomic E-state index is 0.223. The second kappa shape index (κ2) is 4.50. The Balaban J connectivity index is 2.25. The van der Waals surface area contributed by atoms with Crippen molar-refractivity contribution in [1.82, 2.24) is 0 Å². The Labute approximate surface area is 115 Å². The Bertz CT molecular complexity index is 617. The van der Waals surface area contributed by atoms with Gasteiger partial charge in [-0.15, -0.1) is 0 Å². The molecular formula is C18H21N. The number of aryl methyl sites for hydroxylation is 3. The molecule has 2 aromatic carbocycles. The zero-order valence-electron chi connectivity index (χ0n) is 12.0. The molecule has 3 rings (SSSR count). The van der Waals surface area contributed by atoms with Crippen molar-refractivity contribution in [2.24, 2.45) is 5.73 Å². The van der Waals surface area contributed by atoms with E-state index in [-0.39, 0.29) is 6.04 Å². The van der Waals surface area contributed by atoms with Gasteiger partial charge in [0.25, 0.3) is 0 Å². The maximum absolute atomic E-state index is 6.19. The molecule has 0 saturated carbocycles. The van der Waals surface area contributed by atoms with Gasteiger partial charge in [-0.3, -0.25) is 0 Å². The molecule has 0 fully saturated rings. The highest BCUT2D eigenvalue weighted by atomic mass is 14.6. The van der Waals surface area contributed by atoms with Crippen LogP contribution in [0.1, 0.15) is 40.3 Å².